The topological polar surface area (TPSA) is 51.2 Å². The zero-order valence-electron chi connectivity index (χ0n) is 10.4. The molecule has 1 unspecified atom stereocenters. The van der Waals surface area contributed by atoms with Crippen LogP contribution in [0.2, 0.25) is 0 Å². The van der Waals surface area contributed by atoms with Crippen LogP contribution in [0.15, 0.2) is 12.1 Å². The lowest BCUT2D eigenvalue weighted by Crippen LogP contribution is -2.16. The van der Waals surface area contributed by atoms with Gasteiger partial charge in [-0.3, -0.25) is 4.79 Å². The van der Waals surface area contributed by atoms with Crippen molar-refractivity contribution in [3.63, 3.8) is 0 Å². The zero-order valence-corrected chi connectivity index (χ0v) is 11.2. The number of aryl methyl sites for hydroxylation is 2. The van der Waals surface area contributed by atoms with Crippen LogP contribution in [0.3, 0.4) is 0 Å². The van der Waals surface area contributed by atoms with Crippen molar-refractivity contribution in [1.82, 2.24) is 0 Å². The Morgan fingerprint density at radius 2 is 1.83 bits per heavy atom. The molecule has 1 aromatic carbocycles. The normalized spacial score (nSPS) is 22.1. The van der Waals surface area contributed by atoms with Crippen molar-refractivity contribution in [2.45, 2.75) is 20.3 Å². The summed E-state index contributed by atoms with van der Waals surface area (Å²) in [5.74, 6) is -0.990. The standard InChI is InChI=1S/C13H15FO3S/c1-8-5-11(6-9(2)12(8)14)13(15)10-3-4-18(16,17)7-10/h5-6,10H,3-4,7H2,1-2H3. The van der Waals surface area contributed by atoms with Crippen LogP contribution in [0, 0.1) is 25.6 Å². The Bertz CT molecular complexity index is 582. The smallest absolute Gasteiger partial charge is 0.167 e. The molecule has 1 fully saturated rings. The number of Topliss-reactive ketones (excluding diaryl/α,β-unsaturated/α-hetero) is 1. The van der Waals surface area contributed by atoms with E-state index in [1.807, 2.05) is 0 Å². The fourth-order valence-electron chi connectivity index (χ4n) is 2.33. The van der Waals surface area contributed by atoms with Gasteiger partial charge in [0.1, 0.15) is 5.82 Å². The molecule has 1 aliphatic rings. The molecule has 0 spiro atoms. The lowest BCUT2D eigenvalue weighted by molar-refractivity contribution is 0.0933. The van der Waals surface area contributed by atoms with E-state index in [0.717, 1.165) is 0 Å². The monoisotopic (exact) mass is 270 g/mol. The third-order valence-electron chi connectivity index (χ3n) is 3.32. The molecule has 0 N–H and O–H groups in total. The highest BCUT2D eigenvalue weighted by Crippen LogP contribution is 2.24. The zero-order chi connectivity index (χ0) is 13.5. The first-order valence-electron chi connectivity index (χ1n) is 5.81. The maximum Gasteiger partial charge on any atom is 0.167 e. The summed E-state index contributed by atoms with van der Waals surface area (Å²) >= 11 is 0. The molecule has 1 saturated heterocycles. The van der Waals surface area contributed by atoms with Crippen LogP contribution < -0.4 is 0 Å². The van der Waals surface area contributed by atoms with Crippen LogP contribution >= 0.6 is 0 Å². The maximum atomic E-state index is 13.5. The minimum absolute atomic E-state index is 0.0720. The Morgan fingerprint density at radius 1 is 1.28 bits per heavy atom. The van der Waals surface area contributed by atoms with Crippen LogP contribution in [0.4, 0.5) is 4.39 Å². The molecule has 1 aromatic rings. The maximum absolute atomic E-state index is 13.5. The molecule has 1 aliphatic heterocycles. The molecule has 5 heteroatoms. The summed E-state index contributed by atoms with van der Waals surface area (Å²) < 4.78 is 36.2. The van der Waals surface area contributed by atoms with Crippen molar-refractivity contribution in [3.05, 3.63) is 34.6 Å². The number of rotatable bonds is 2. The number of hydrogen-bond acceptors (Lipinski definition) is 3. The number of ketones is 1. The van der Waals surface area contributed by atoms with Crippen LogP contribution in [0.25, 0.3) is 0 Å². The van der Waals surface area contributed by atoms with Gasteiger partial charge in [0.05, 0.1) is 11.5 Å². The van der Waals surface area contributed by atoms with Crippen LogP contribution in [-0.4, -0.2) is 25.7 Å². The Morgan fingerprint density at radius 3 is 2.28 bits per heavy atom. The highest BCUT2D eigenvalue weighted by atomic mass is 32.2. The first-order chi connectivity index (χ1) is 8.30. The molecule has 0 saturated carbocycles. The molecule has 3 nitrogen and oxygen atoms in total. The third kappa shape index (κ3) is 2.46. The number of halogens is 1. The molecule has 0 amide bonds. The Hall–Kier alpha value is -1.23. The average Bonchev–Trinajstić information content (AvgIpc) is 2.65. The van der Waals surface area contributed by atoms with Gasteiger partial charge in [0, 0.05) is 11.5 Å². The second-order valence-electron chi connectivity index (χ2n) is 4.89. The van der Waals surface area contributed by atoms with E-state index in [2.05, 4.69) is 0 Å². The van der Waals surface area contributed by atoms with E-state index in [1.54, 1.807) is 13.8 Å². The van der Waals surface area contributed by atoms with Gasteiger partial charge < -0.3 is 0 Å². The van der Waals surface area contributed by atoms with Gasteiger partial charge in [-0.25, -0.2) is 12.8 Å². The van der Waals surface area contributed by atoms with Gasteiger partial charge >= 0.3 is 0 Å². The molecule has 0 radical (unpaired) electrons. The van der Waals surface area contributed by atoms with E-state index in [0.29, 0.717) is 23.1 Å². The van der Waals surface area contributed by atoms with E-state index < -0.39 is 15.8 Å². The summed E-state index contributed by atoms with van der Waals surface area (Å²) in [6, 6.07) is 2.99. The van der Waals surface area contributed by atoms with E-state index in [-0.39, 0.29) is 23.1 Å². The van der Waals surface area contributed by atoms with Crippen molar-refractivity contribution in [1.29, 1.82) is 0 Å². The molecule has 98 valence electrons. The van der Waals surface area contributed by atoms with E-state index >= 15 is 0 Å². The largest absolute Gasteiger partial charge is 0.294 e. The number of hydrogen-bond donors (Lipinski definition) is 0. The SMILES string of the molecule is Cc1cc(C(=O)C2CCS(=O)(=O)C2)cc(C)c1F. The van der Waals surface area contributed by atoms with Gasteiger partial charge in [0.15, 0.2) is 15.6 Å². The van der Waals surface area contributed by atoms with Crippen LogP contribution in [-0.2, 0) is 9.84 Å². The molecule has 18 heavy (non-hydrogen) atoms. The Labute approximate surface area is 106 Å². The van der Waals surface area contributed by atoms with Crippen LogP contribution in [0.1, 0.15) is 27.9 Å². The predicted molar refractivity (Wildman–Crippen MR) is 67.0 cm³/mol. The highest BCUT2D eigenvalue weighted by molar-refractivity contribution is 7.91. The third-order valence-corrected chi connectivity index (χ3v) is 5.09. The quantitative estimate of drug-likeness (QED) is 0.773. The van der Waals surface area contributed by atoms with E-state index in [1.165, 1.54) is 12.1 Å². The summed E-state index contributed by atoms with van der Waals surface area (Å²) in [5, 5.41) is 0. The second kappa shape index (κ2) is 4.46. The minimum Gasteiger partial charge on any atom is -0.294 e. The van der Waals surface area contributed by atoms with Gasteiger partial charge in [-0.1, -0.05) is 0 Å². The van der Waals surface area contributed by atoms with Crippen LogP contribution in [0.5, 0.6) is 0 Å². The van der Waals surface area contributed by atoms with Gasteiger partial charge in [0.2, 0.25) is 0 Å². The van der Waals surface area contributed by atoms with Crippen molar-refractivity contribution < 1.29 is 17.6 Å². The molecule has 0 bridgehead atoms. The predicted octanol–water partition coefficient (Wildman–Crippen LogP) is 2.06. The number of sulfone groups is 1. The summed E-state index contributed by atoms with van der Waals surface area (Å²) in [7, 11) is -3.07. The molecule has 2 rings (SSSR count). The van der Waals surface area contributed by atoms with Gasteiger partial charge in [0.25, 0.3) is 0 Å². The highest BCUT2D eigenvalue weighted by Gasteiger charge is 2.33. The lowest BCUT2D eigenvalue weighted by atomic mass is 9.94. The molecular weight excluding hydrogens is 255 g/mol. The summed E-state index contributed by atoms with van der Waals surface area (Å²) in [5.41, 5.74) is 1.24. The Balaban J connectivity index is 2.30. The summed E-state index contributed by atoms with van der Waals surface area (Å²) in [6.45, 7) is 3.20. The van der Waals surface area contributed by atoms with Crippen molar-refractivity contribution >= 4 is 15.6 Å². The average molecular weight is 270 g/mol. The second-order valence-corrected chi connectivity index (χ2v) is 7.12. The van der Waals surface area contributed by atoms with Gasteiger partial charge in [-0.15, -0.1) is 0 Å². The lowest BCUT2D eigenvalue weighted by Gasteiger charge is -2.09. The van der Waals surface area contributed by atoms with E-state index in [9.17, 15) is 17.6 Å². The molecule has 0 aromatic heterocycles. The molecule has 1 heterocycles. The fraction of sp³-hybridized carbons (Fsp3) is 0.462. The van der Waals surface area contributed by atoms with Crippen molar-refractivity contribution in [2.75, 3.05) is 11.5 Å². The minimum atomic E-state index is -3.07. The van der Waals surface area contributed by atoms with Gasteiger partial charge in [-0.2, -0.15) is 0 Å². The fourth-order valence-corrected chi connectivity index (χ4v) is 4.07. The van der Waals surface area contributed by atoms with Crippen molar-refractivity contribution in [2.24, 2.45) is 5.92 Å². The summed E-state index contributed by atoms with van der Waals surface area (Å²) in [4.78, 5) is 12.2. The first kappa shape index (κ1) is 13.2. The summed E-state index contributed by atoms with van der Waals surface area (Å²) in [6.07, 6.45) is 0.372. The van der Waals surface area contributed by atoms with E-state index in [4.69, 9.17) is 0 Å². The molecule has 0 aliphatic carbocycles. The molecular formula is C13H15FO3S. The number of benzene rings is 1. The number of carbonyl (C=O) groups is 1. The first-order valence-corrected chi connectivity index (χ1v) is 7.64. The number of carbonyl (C=O) groups excluding carboxylic acids is 1. The Kier molecular flexibility index (Phi) is 3.27. The molecule has 1 atom stereocenters. The van der Waals surface area contributed by atoms with Gasteiger partial charge in [-0.05, 0) is 43.5 Å². The van der Waals surface area contributed by atoms with Crippen molar-refractivity contribution in [3.8, 4) is 0 Å².